The highest BCUT2D eigenvalue weighted by Crippen LogP contribution is 2.28. The number of nitrogens with one attached hydrogen (secondary N) is 1. The van der Waals surface area contributed by atoms with Crippen molar-refractivity contribution in [3.05, 3.63) is 0 Å². The van der Waals surface area contributed by atoms with Crippen LogP contribution in [-0.4, -0.2) is 37.1 Å². The van der Waals surface area contributed by atoms with Crippen LogP contribution in [0, 0.1) is 0 Å². The minimum Gasteiger partial charge on any atom is -0.310 e. The predicted molar refractivity (Wildman–Crippen MR) is 67.3 cm³/mol. The van der Waals surface area contributed by atoms with Crippen molar-refractivity contribution in [3.63, 3.8) is 0 Å². The van der Waals surface area contributed by atoms with Gasteiger partial charge in [0, 0.05) is 12.1 Å². The molecule has 0 saturated carbocycles. The Hall–Kier alpha value is -0.0800. The highest BCUT2D eigenvalue weighted by molar-refractivity contribution is 4.94. The molecule has 2 heteroatoms. The number of likely N-dealkylation sites (N-methyl/N-ethyl adjacent to an activating group) is 1. The summed E-state index contributed by atoms with van der Waals surface area (Å²) < 4.78 is 0. The van der Waals surface area contributed by atoms with Crippen LogP contribution in [-0.2, 0) is 0 Å². The zero-order chi connectivity index (χ0) is 11.1. The third-order valence-electron chi connectivity index (χ3n) is 3.60. The van der Waals surface area contributed by atoms with Crippen molar-refractivity contribution in [1.82, 2.24) is 10.2 Å². The Bertz CT molecular complexity index is 162. The first-order valence-corrected chi connectivity index (χ1v) is 6.74. The lowest BCUT2D eigenvalue weighted by Crippen LogP contribution is -2.54. The molecule has 2 heterocycles. The Morgan fingerprint density at radius 3 is 2.33 bits per heavy atom. The van der Waals surface area contributed by atoms with E-state index in [-0.39, 0.29) is 0 Å². The number of piperidine rings is 1. The van der Waals surface area contributed by atoms with Crippen molar-refractivity contribution in [2.75, 3.05) is 26.7 Å². The molecule has 2 nitrogen and oxygen atoms in total. The maximum absolute atomic E-state index is 3.76. The van der Waals surface area contributed by atoms with Crippen LogP contribution in [0.2, 0.25) is 0 Å². The molecule has 0 bridgehead atoms. The zero-order valence-electron chi connectivity index (χ0n) is 10.8. The van der Waals surface area contributed by atoms with E-state index in [2.05, 4.69) is 17.3 Å². The summed E-state index contributed by atoms with van der Waals surface area (Å²) in [7, 11) is 2.27. The molecule has 1 atom stereocenters. The Kier molecular flexibility index (Phi) is 5.62. The molecule has 2 fully saturated rings. The zero-order valence-corrected chi connectivity index (χ0v) is 10.8. The van der Waals surface area contributed by atoms with Gasteiger partial charge in [0.25, 0.3) is 0 Å². The van der Waals surface area contributed by atoms with Crippen LogP contribution in [0.1, 0.15) is 52.4 Å². The second-order valence-corrected chi connectivity index (χ2v) is 4.86. The van der Waals surface area contributed by atoms with Crippen molar-refractivity contribution >= 4 is 0 Å². The first kappa shape index (κ1) is 13.0. The maximum atomic E-state index is 3.76. The second kappa shape index (κ2) is 6.49. The van der Waals surface area contributed by atoms with Gasteiger partial charge >= 0.3 is 0 Å². The molecule has 2 aliphatic rings. The van der Waals surface area contributed by atoms with Gasteiger partial charge in [0.15, 0.2) is 0 Å². The van der Waals surface area contributed by atoms with Crippen LogP contribution in [0.4, 0.5) is 0 Å². The van der Waals surface area contributed by atoms with E-state index < -0.39 is 0 Å². The monoisotopic (exact) mass is 212 g/mol. The Morgan fingerprint density at radius 1 is 1.00 bits per heavy atom. The minimum atomic E-state index is 0.490. The van der Waals surface area contributed by atoms with E-state index in [0.717, 1.165) is 0 Å². The third-order valence-corrected chi connectivity index (χ3v) is 3.60. The second-order valence-electron chi connectivity index (χ2n) is 4.86. The average molecular weight is 212 g/mol. The third kappa shape index (κ3) is 3.76. The maximum Gasteiger partial charge on any atom is 0.0308 e. The molecular weight excluding hydrogens is 184 g/mol. The first-order chi connectivity index (χ1) is 7.31. The Morgan fingerprint density at radius 2 is 1.67 bits per heavy atom. The lowest BCUT2D eigenvalue weighted by atomic mass is 9.85. The molecule has 1 spiro atoms. The van der Waals surface area contributed by atoms with Gasteiger partial charge < -0.3 is 10.2 Å². The van der Waals surface area contributed by atoms with Gasteiger partial charge in [-0.2, -0.15) is 0 Å². The molecule has 2 aliphatic heterocycles. The molecule has 2 rings (SSSR count). The molecule has 0 amide bonds. The molecule has 15 heavy (non-hydrogen) atoms. The Labute approximate surface area is 95.4 Å². The normalized spacial score (nSPS) is 33.0. The fourth-order valence-corrected chi connectivity index (χ4v) is 2.90. The summed E-state index contributed by atoms with van der Waals surface area (Å²) >= 11 is 0. The van der Waals surface area contributed by atoms with Crippen LogP contribution in [0.15, 0.2) is 0 Å². The summed E-state index contributed by atoms with van der Waals surface area (Å²) in [6.07, 6.45) is 8.41. The van der Waals surface area contributed by atoms with Crippen LogP contribution in [0.3, 0.4) is 0 Å². The molecule has 0 radical (unpaired) electrons. The summed E-state index contributed by atoms with van der Waals surface area (Å²) in [5.74, 6) is 0. The van der Waals surface area contributed by atoms with Gasteiger partial charge in [-0.25, -0.2) is 0 Å². The van der Waals surface area contributed by atoms with Crippen molar-refractivity contribution in [1.29, 1.82) is 0 Å². The number of nitrogens with zero attached hydrogens (tertiary/aromatic N) is 1. The van der Waals surface area contributed by atoms with E-state index in [9.17, 15) is 0 Å². The molecular formula is C13H28N2. The number of hydrogen-bond acceptors (Lipinski definition) is 2. The van der Waals surface area contributed by atoms with Gasteiger partial charge in [0.05, 0.1) is 0 Å². The van der Waals surface area contributed by atoms with E-state index in [4.69, 9.17) is 0 Å². The summed E-state index contributed by atoms with van der Waals surface area (Å²) in [5.41, 5.74) is 0.490. The fourth-order valence-electron chi connectivity index (χ4n) is 2.90. The number of likely N-dealkylation sites (tertiary alicyclic amines) is 1. The quantitative estimate of drug-likeness (QED) is 0.664. The van der Waals surface area contributed by atoms with Gasteiger partial charge in [0.2, 0.25) is 0 Å². The van der Waals surface area contributed by atoms with Gasteiger partial charge in [-0.3, -0.25) is 0 Å². The molecule has 0 aliphatic carbocycles. The molecule has 2 saturated heterocycles. The molecule has 1 unspecified atom stereocenters. The van der Waals surface area contributed by atoms with Crippen LogP contribution in [0.5, 0.6) is 0 Å². The Balaban J connectivity index is 0.000000531. The van der Waals surface area contributed by atoms with Crippen LogP contribution < -0.4 is 5.32 Å². The molecule has 0 aromatic rings. The summed E-state index contributed by atoms with van der Waals surface area (Å²) in [5, 5.41) is 3.76. The number of rotatable bonds is 0. The van der Waals surface area contributed by atoms with Crippen LogP contribution in [0.25, 0.3) is 0 Å². The minimum absolute atomic E-state index is 0.490. The lowest BCUT2D eigenvalue weighted by Gasteiger charge is -2.39. The van der Waals surface area contributed by atoms with Crippen molar-refractivity contribution in [2.45, 2.75) is 57.9 Å². The number of hydrogen-bond donors (Lipinski definition) is 1. The smallest absolute Gasteiger partial charge is 0.0308 e. The standard InChI is InChI=1S/C11H22N2.C2H6/c1-13-9-5-3-7-11(10-13)6-2-4-8-12-11;1-2/h12H,2-10H2,1H3;1-2H3. The predicted octanol–water partition coefficient (Wildman–Crippen LogP) is 2.64. The highest BCUT2D eigenvalue weighted by Gasteiger charge is 2.33. The average Bonchev–Trinajstić information content (AvgIpc) is 2.45. The molecule has 90 valence electrons. The van der Waals surface area contributed by atoms with E-state index in [0.29, 0.717) is 5.54 Å². The van der Waals surface area contributed by atoms with E-state index >= 15 is 0 Å². The van der Waals surface area contributed by atoms with Gasteiger partial charge in [0.1, 0.15) is 0 Å². The molecule has 0 aromatic heterocycles. The van der Waals surface area contributed by atoms with E-state index in [1.165, 1.54) is 58.2 Å². The molecule has 0 aromatic carbocycles. The summed E-state index contributed by atoms with van der Waals surface area (Å²) in [6.45, 7) is 7.81. The van der Waals surface area contributed by atoms with Gasteiger partial charge in [-0.1, -0.05) is 26.7 Å². The van der Waals surface area contributed by atoms with E-state index in [1.54, 1.807) is 0 Å². The summed E-state index contributed by atoms with van der Waals surface area (Å²) in [4.78, 5) is 2.51. The summed E-state index contributed by atoms with van der Waals surface area (Å²) in [6, 6.07) is 0. The largest absolute Gasteiger partial charge is 0.310 e. The van der Waals surface area contributed by atoms with Crippen molar-refractivity contribution in [2.24, 2.45) is 0 Å². The topological polar surface area (TPSA) is 15.3 Å². The fraction of sp³-hybridized carbons (Fsp3) is 1.00. The molecule has 1 N–H and O–H groups in total. The van der Waals surface area contributed by atoms with Gasteiger partial charge in [-0.15, -0.1) is 0 Å². The van der Waals surface area contributed by atoms with Gasteiger partial charge in [-0.05, 0) is 45.8 Å². The highest BCUT2D eigenvalue weighted by atomic mass is 15.2. The van der Waals surface area contributed by atoms with Crippen molar-refractivity contribution < 1.29 is 0 Å². The van der Waals surface area contributed by atoms with E-state index in [1.807, 2.05) is 13.8 Å². The lowest BCUT2D eigenvalue weighted by molar-refractivity contribution is 0.182. The first-order valence-electron chi connectivity index (χ1n) is 6.74. The van der Waals surface area contributed by atoms with Crippen molar-refractivity contribution in [3.8, 4) is 0 Å². The van der Waals surface area contributed by atoms with Crippen LogP contribution >= 0.6 is 0 Å². The SMILES string of the molecule is CC.CN1CCCCC2(CCCCN2)C1.